The summed E-state index contributed by atoms with van der Waals surface area (Å²) in [5, 5.41) is 21.4. The number of nitrogens with zero attached hydrogens (tertiary/aromatic N) is 6. The van der Waals surface area contributed by atoms with Crippen molar-refractivity contribution in [2.75, 3.05) is 75.6 Å². The molecule has 0 aliphatic rings. The van der Waals surface area contributed by atoms with E-state index >= 15 is 0 Å². The van der Waals surface area contributed by atoms with E-state index in [0.29, 0.717) is 22.6 Å². The molecule has 36 nitrogen and oxygen atoms in total. The van der Waals surface area contributed by atoms with E-state index in [1.165, 1.54) is 78.2 Å². The molecule has 634 valence electrons. The summed E-state index contributed by atoms with van der Waals surface area (Å²) in [5.41, 5.74) is 20.7. The summed E-state index contributed by atoms with van der Waals surface area (Å²) in [6.45, 7) is 14.8. The first-order valence-electron chi connectivity index (χ1n) is 34.3. The second kappa shape index (κ2) is 44.5. The van der Waals surface area contributed by atoms with Crippen molar-refractivity contribution in [2.24, 2.45) is 0 Å². The Balaban J connectivity index is 0.000000314. The average molecular weight is 1780 g/mol. The Morgan fingerprint density at radius 2 is 0.724 bits per heavy atom. The average Bonchev–Trinajstić information content (AvgIpc) is 0.787. The summed E-state index contributed by atoms with van der Waals surface area (Å²) in [6, 6.07) is 32.9. The number of hydrogen-bond donors (Lipinski definition) is 4. The zero-order valence-corrected chi connectivity index (χ0v) is 70.7. The lowest BCUT2D eigenvalue weighted by Gasteiger charge is -2.20. The third-order valence-electron chi connectivity index (χ3n) is 14.7. The molecule has 0 aliphatic heterocycles. The standard InChI is InChI=1S/C24H27FN3O6PS.C12H11N3O2.C11H15FNO7PS.C11H17FNO5PS.C11H16NO7PS/c1-4-33-35(30,34-5-2)24(25)36(31,32)19-12-8-17(9-13-19)14-21(29)22-23(26)27-15-20(28-22)18-10-6-16(3)7-11-18;1-7-2-4-8(5-3-7)9-6-14-11(13)10(15-9)12(16)17;1-3-19-21(16,20-4-2)11(12)22(17,18)10-7-5-9(6-8-10)13(14)15;1-3-17-19(14,18-4-2)11(12)20(15,16)10-7-5-9(13)6-8-10;1-3-18-20(15,19-4-2)9-21(16,17)11-7-5-10(6-8-11)12(13)14/h6-13,15,24H,4-5,14H2,1-3H3,(H2,26,27);2-6H,1H3,(H2,13,14)(H,16,17);5-8,11H,3-4H2,1-2H3;5-8,11H,3-4,13H2,1-2H3;5-8H,3-4,9H2,1-2H3. The fourth-order valence-electron chi connectivity index (χ4n) is 9.32. The van der Waals surface area contributed by atoms with E-state index in [9.17, 15) is 94.9 Å². The molecule has 3 atom stereocenters. The van der Waals surface area contributed by atoms with Gasteiger partial charge in [-0.1, -0.05) is 71.8 Å². The highest BCUT2D eigenvalue weighted by molar-refractivity contribution is 7.99. The Kier molecular flexibility index (Phi) is 38.2. The number of hydrogen-bond acceptors (Lipinski definition) is 33. The fourth-order valence-corrected chi connectivity index (χ4v) is 25.2. The number of alkyl halides is 3. The third kappa shape index (κ3) is 27.6. The maximum absolute atomic E-state index is 14.9. The van der Waals surface area contributed by atoms with Crippen molar-refractivity contribution in [3.8, 4) is 22.5 Å². The van der Waals surface area contributed by atoms with Gasteiger partial charge in [0.15, 0.2) is 38.4 Å². The fraction of sp³-hybridized carbons (Fsp3) is 0.333. The number of non-ortho nitro benzene ring substituents is 2. The Labute approximate surface area is 667 Å². The minimum absolute atomic E-state index is 0.0111. The van der Waals surface area contributed by atoms with Crippen molar-refractivity contribution in [1.82, 2.24) is 19.9 Å². The molecule has 8 aromatic rings. The first-order valence-corrected chi connectivity index (χ1v) is 47.1. The second-order valence-corrected chi connectivity index (χ2v) is 40.8. The Hall–Kier alpha value is -8.99. The van der Waals surface area contributed by atoms with Crippen LogP contribution in [0, 0.1) is 34.1 Å². The number of benzene rings is 6. The zero-order chi connectivity index (χ0) is 87.4. The summed E-state index contributed by atoms with van der Waals surface area (Å²) < 4.78 is 229. The molecule has 0 amide bonds. The summed E-state index contributed by atoms with van der Waals surface area (Å²) in [5.74, 6) is -1.71. The van der Waals surface area contributed by atoms with Gasteiger partial charge in [-0.2, -0.15) is 0 Å². The lowest BCUT2D eigenvalue weighted by Crippen LogP contribution is -2.20. The number of ketones is 1. The van der Waals surface area contributed by atoms with Crippen LogP contribution in [0.2, 0.25) is 0 Å². The quantitative estimate of drug-likeness (QED) is 0.00931. The van der Waals surface area contributed by atoms with Gasteiger partial charge in [0.25, 0.3) is 11.4 Å². The number of carboxylic acid groups (broad SMARTS) is 1. The summed E-state index contributed by atoms with van der Waals surface area (Å²) in [7, 11) is -35.0. The van der Waals surface area contributed by atoms with E-state index < -0.39 is 122 Å². The highest BCUT2D eigenvalue weighted by Gasteiger charge is 2.49. The molecule has 0 bridgehead atoms. The minimum Gasteiger partial charge on any atom is -0.476 e. The molecule has 0 saturated carbocycles. The summed E-state index contributed by atoms with van der Waals surface area (Å²) >= 11 is 0. The maximum Gasteiger partial charge on any atom is 0.380 e. The molecule has 0 fully saturated rings. The smallest absolute Gasteiger partial charge is 0.380 e. The number of nitrogen functional groups attached to an aromatic ring is 3. The number of carbonyl (C=O) groups excluding carboxylic acids is 1. The first-order chi connectivity index (χ1) is 54.3. The number of carbonyl (C=O) groups is 2. The Morgan fingerprint density at radius 3 is 1.03 bits per heavy atom. The number of nitrogens with two attached hydrogens (primary N) is 3. The summed E-state index contributed by atoms with van der Waals surface area (Å²) in [4.78, 5) is 58.3. The normalized spacial score (nSPS) is 12.8. The van der Waals surface area contributed by atoms with Gasteiger partial charge in [0, 0.05) is 47.5 Å². The summed E-state index contributed by atoms with van der Waals surface area (Å²) in [6.07, 6.45) is 2.80. The lowest BCUT2D eigenvalue weighted by molar-refractivity contribution is -0.385. The van der Waals surface area contributed by atoms with E-state index in [4.69, 9.17) is 49.5 Å². The van der Waals surface area contributed by atoms with E-state index in [1.54, 1.807) is 13.8 Å². The van der Waals surface area contributed by atoms with E-state index in [0.717, 1.165) is 95.1 Å². The van der Waals surface area contributed by atoms with Crippen molar-refractivity contribution >= 4 is 110 Å². The van der Waals surface area contributed by atoms with Crippen molar-refractivity contribution < 1.29 is 126 Å². The maximum atomic E-state index is 14.9. The molecule has 3 unspecified atom stereocenters. The van der Waals surface area contributed by atoms with Crippen LogP contribution in [-0.4, -0.2) is 154 Å². The predicted octanol–water partition coefficient (Wildman–Crippen LogP) is 14.5. The van der Waals surface area contributed by atoms with Crippen LogP contribution in [0.3, 0.4) is 0 Å². The molecule has 116 heavy (non-hydrogen) atoms. The topological polar surface area (TPSA) is 549 Å². The van der Waals surface area contributed by atoms with Gasteiger partial charge >= 0.3 is 52.1 Å². The molecule has 8 rings (SSSR count). The van der Waals surface area contributed by atoms with Gasteiger partial charge in [-0.25, -0.2) is 71.6 Å². The predicted molar refractivity (Wildman–Crippen MR) is 423 cm³/mol. The molecule has 2 heterocycles. The largest absolute Gasteiger partial charge is 0.476 e. The van der Waals surface area contributed by atoms with Crippen LogP contribution in [0.1, 0.15) is 93.1 Å². The van der Waals surface area contributed by atoms with Crippen LogP contribution < -0.4 is 17.2 Å². The van der Waals surface area contributed by atoms with Gasteiger partial charge in [0.1, 0.15) is 5.69 Å². The number of sulfone groups is 4. The van der Waals surface area contributed by atoms with Gasteiger partial charge in [0.2, 0.25) is 29.5 Å². The number of rotatable bonds is 36. The second-order valence-electron chi connectivity index (χ2n) is 23.2. The van der Waals surface area contributed by atoms with Gasteiger partial charge in [0.05, 0.1) is 106 Å². The van der Waals surface area contributed by atoms with Crippen LogP contribution in [0.15, 0.2) is 178 Å². The molecule has 2 aromatic heterocycles. The molecule has 7 N–H and O–H groups in total. The number of aryl methyl sites for hydroxylation is 2. The van der Waals surface area contributed by atoms with E-state index in [-0.39, 0.29) is 103 Å². The number of nitro benzene ring substituents is 2. The van der Waals surface area contributed by atoms with Crippen molar-refractivity contribution in [3.63, 3.8) is 0 Å². The molecular weight excluding hydrogens is 1700 g/mol. The van der Waals surface area contributed by atoms with Gasteiger partial charge in [-0.15, -0.1) is 0 Å². The SMILES string of the molecule is CCOP(=O)(CS(=O)(=O)c1ccc([N+](=O)[O-])cc1)OCC.CCOP(=O)(OCC)C(F)S(=O)(=O)c1ccc(CC(=O)c2nc(-c3ccc(C)cc3)cnc2N)cc1.CCOP(=O)(OCC)C(F)S(=O)(=O)c1ccc(N)cc1.CCOP(=O)(OCC)C(F)S(=O)(=O)c1ccc([N+](=O)[O-])cc1.Cc1ccc(-c2cnc(N)c(C(=O)O)n2)cc1. The highest BCUT2D eigenvalue weighted by atomic mass is 32.2. The molecule has 0 aliphatic carbocycles. The van der Waals surface area contributed by atoms with Crippen LogP contribution >= 0.6 is 30.4 Å². The number of anilines is 3. The number of nitro groups is 2. The zero-order valence-electron chi connectivity index (χ0n) is 63.8. The molecule has 6 aromatic carbocycles. The molecule has 0 spiro atoms. The number of aromatic carboxylic acids is 1. The minimum atomic E-state index is -4.69. The van der Waals surface area contributed by atoms with Crippen molar-refractivity contribution in [2.45, 2.75) is 111 Å². The van der Waals surface area contributed by atoms with Crippen molar-refractivity contribution in [1.29, 1.82) is 0 Å². The van der Waals surface area contributed by atoms with Gasteiger partial charge in [-0.05, 0) is 135 Å². The highest BCUT2D eigenvalue weighted by Crippen LogP contribution is 2.59. The number of halogens is 3. The third-order valence-corrected chi connectivity index (χ3v) is 34.0. The van der Waals surface area contributed by atoms with Crippen molar-refractivity contribution in [3.05, 3.63) is 206 Å². The monoisotopic (exact) mass is 1780 g/mol. The molecule has 0 saturated heterocycles. The first kappa shape index (κ1) is 99.4. The molecule has 0 radical (unpaired) electrons. The molecular formula is C69H86F3N9O27P4S4. The van der Waals surface area contributed by atoms with E-state index in [2.05, 4.69) is 29.0 Å². The number of Topliss-reactive ketones (excluding diaryl/α,β-unsaturated/α-hetero) is 1. The van der Waals surface area contributed by atoms with Gasteiger partial charge < -0.3 is 58.5 Å². The van der Waals surface area contributed by atoms with Crippen LogP contribution in [0.5, 0.6) is 0 Å². The van der Waals surface area contributed by atoms with Crippen LogP contribution in [-0.2, 0) is 100 Å². The van der Waals surface area contributed by atoms with Crippen LogP contribution in [0.4, 0.5) is 41.9 Å². The van der Waals surface area contributed by atoms with Gasteiger partial charge in [-0.3, -0.25) is 43.3 Å². The lowest BCUT2D eigenvalue weighted by atomic mass is 10.1. The number of aromatic nitrogens is 4. The number of carboxylic acids is 1. The molecule has 47 heteroatoms. The van der Waals surface area contributed by atoms with Crippen LogP contribution in [0.25, 0.3) is 22.5 Å². The van der Waals surface area contributed by atoms with E-state index in [1.807, 2.05) is 62.4 Å². The Bertz CT molecular complexity index is 5320. The Morgan fingerprint density at radius 1 is 0.440 bits per heavy atom.